The molecule has 0 bridgehead atoms. The zero-order valence-electron chi connectivity index (χ0n) is 20.4. The van der Waals surface area contributed by atoms with Crippen molar-refractivity contribution < 1.29 is 9.18 Å². The third-order valence-corrected chi connectivity index (χ3v) is 7.84. The minimum Gasteiger partial charge on any atom is -0.372 e. The maximum absolute atomic E-state index is 14.1. The lowest BCUT2D eigenvalue weighted by Gasteiger charge is -2.33. The van der Waals surface area contributed by atoms with Gasteiger partial charge in [0, 0.05) is 48.1 Å². The first-order chi connectivity index (χ1) is 17.5. The number of hydrogen-bond donors (Lipinski definition) is 2. The van der Waals surface area contributed by atoms with Gasteiger partial charge in [-0.25, -0.2) is 9.37 Å². The van der Waals surface area contributed by atoms with E-state index in [4.69, 9.17) is 4.98 Å². The van der Waals surface area contributed by atoms with E-state index < -0.39 is 5.92 Å². The van der Waals surface area contributed by atoms with Crippen molar-refractivity contribution in [3.8, 4) is 0 Å². The summed E-state index contributed by atoms with van der Waals surface area (Å²) in [5, 5.41) is 3.71. The van der Waals surface area contributed by atoms with Gasteiger partial charge in [0.05, 0.1) is 5.56 Å². The third-order valence-electron chi connectivity index (χ3n) is 6.91. The van der Waals surface area contributed by atoms with E-state index in [2.05, 4.69) is 41.2 Å². The van der Waals surface area contributed by atoms with Gasteiger partial charge in [-0.15, -0.1) is 0 Å². The predicted octanol–water partition coefficient (Wildman–Crippen LogP) is 5.61. The van der Waals surface area contributed by atoms with Crippen molar-refractivity contribution in [2.24, 2.45) is 0 Å². The molecule has 0 spiro atoms. The largest absolute Gasteiger partial charge is 0.372 e. The molecule has 0 radical (unpaired) electrons. The Morgan fingerprint density at radius 2 is 1.81 bits per heavy atom. The summed E-state index contributed by atoms with van der Waals surface area (Å²) < 4.78 is 14.1. The Labute approximate surface area is 214 Å². The molecule has 1 aliphatic heterocycles. The number of benzene rings is 2. The Balaban J connectivity index is 1.54. The number of thioether (sulfide) groups is 1. The Kier molecular flexibility index (Phi) is 6.96. The molecule has 1 aliphatic carbocycles. The molecule has 186 valence electrons. The summed E-state index contributed by atoms with van der Waals surface area (Å²) in [5.41, 5.74) is 4.23. The van der Waals surface area contributed by atoms with Gasteiger partial charge < -0.3 is 15.2 Å². The number of aromatic nitrogens is 2. The van der Waals surface area contributed by atoms with Crippen molar-refractivity contribution in [1.82, 2.24) is 9.97 Å². The molecular formula is C28H29FN4O2S. The molecule has 3 aromatic rings. The highest BCUT2D eigenvalue weighted by Gasteiger charge is 2.37. The van der Waals surface area contributed by atoms with E-state index in [1.165, 1.54) is 17.8 Å². The van der Waals surface area contributed by atoms with E-state index in [9.17, 15) is 14.0 Å². The number of H-pyrrole nitrogens is 1. The van der Waals surface area contributed by atoms with Crippen LogP contribution in [-0.2, 0) is 10.5 Å². The number of ketones is 1. The number of carbonyl (C=O) groups is 1. The fourth-order valence-corrected chi connectivity index (χ4v) is 5.92. The van der Waals surface area contributed by atoms with Crippen LogP contribution in [0.4, 0.5) is 15.9 Å². The lowest BCUT2D eigenvalue weighted by molar-refractivity contribution is -0.116. The van der Waals surface area contributed by atoms with Crippen molar-refractivity contribution in [1.29, 1.82) is 0 Å². The monoisotopic (exact) mass is 504 g/mol. The SMILES string of the molecule is CCN(CC)c1ccc([C@@H]2C3=C(CCCC3=O)Nc3nc(SCc4ccccc4F)[nH]c(=O)c32)cc1. The summed E-state index contributed by atoms with van der Waals surface area (Å²) in [6, 6.07) is 14.7. The summed E-state index contributed by atoms with van der Waals surface area (Å²) in [6.45, 7) is 6.03. The summed E-state index contributed by atoms with van der Waals surface area (Å²) in [5.74, 6) is 0.131. The number of anilines is 2. The highest BCUT2D eigenvalue weighted by atomic mass is 32.2. The number of allylic oxidation sites excluding steroid dienone is 2. The van der Waals surface area contributed by atoms with Crippen LogP contribution in [0.25, 0.3) is 0 Å². The van der Waals surface area contributed by atoms with Crippen LogP contribution in [0.3, 0.4) is 0 Å². The van der Waals surface area contributed by atoms with Crippen molar-refractivity contribution in [2.45, 2.75) is 49.9 Å². The Hall–Kier alpha value is -3.39. The summed E-state index contributed by atoms with van der Waals surface area (Å²) in [6.07, 6.45) is 1.98. The van der Waals surface area contributed by atoms with Gasteiger partial charge >= 0.3 is 0 Å². The summed E-state index contributed by atoms with van der Waals surface area (Å²) in [4.78, 5) is 36.3. The Bertz CT molecular complexity index is 1380. The second kappa shape index (κ2) is 10.3. The van der Waals surface area contributed by atoms with Gasteiger partial charge in [0.2, 0.25) is 0 Å². The number of nitrogens with zero attached hydrogens (tertiary/aromatic N) is 2. The summed E-state index contributed by atoms with van der Waals surface area (Å²) >= 11 is 1.28. The van der Waals surface area contributed by atoms with Crippen molar-refractivity contribution in [2.75, 3.05) is 23.3 Å². The maximum atomic E-state index is 14.1. The summed E-state index contributed by atoms with van der Waals surface area (Å²) in [7, 11) is 0. The second-order valence-electron chi connectivity index (χ2n) is 9.00. The maximum Gasteiger partial charge on any atom is 0.257 e. The smallest absolute Gasteiger partial charge is 0.257 e. The van der Waals surface area contributed by atoms with Crippen LogP contribution < -0.4 is 15.8 Å². The number of halogens is 1. The van der Waals surface area contributed by atoms with Gasteiger partial charge in [0.15, 0.2) is 10.9 Å². The van der Waals surface area contributed by atoms with Crippen LogP contribution in [0.5, 0.6) is 0 Å². The van der Waals surface area contributed by atoms with E-state index in [0.29, 0.717) is 39.8 Å². The van der Waals surface area contributed by atoms with Crippen LogP contribution in [0.15, 0.2) is 69.8 Å². The van der Waals surface area contributed by atoms with E-state index >= 15 is 0 Å². The number of aromatic amines is 1. The average molecular weight is 505 g/mol. The molecule has 8 heteroatoms. The molecule has 0 saturated carbocycles. The van der Waals surface area contributed by atoms with Gasteiger partial charge in [-0.3, -0.25) is 9.59 Å². The van der Waals surface area contributed by atoms with Gasteiger partial charge in [0.25, 0.3) is 5.56 Å². The number of rotatable bonds is 7. The first-order valence-electron chi connectivity index (χ1n) is 12.4. The number of fused-ring (bicyclic) bond motifs is 1. The first-order valence-corrected chi connectivity index (χ1v) is 13.4. The van der Waals surface area contributed by atoms with E-state index in [1.807, 2.05) is 12.1 Å². The van der Waals surface area contributed by atoms with E-state index in [1.54, 1.807) is 18.2 Å². The van der Waals surface area contributed by atoms with Gasteiger partial charge in [0.1, 0.15) is 11.6 Å². The average Bonchev–Trinajstić information content (AvgIpc) is 2.88. The van der Waals surface area contributed by atoms with Crippen LogP contribution in [0, 0.1) is 5.82 Å². The minimum absolute atomic E-state index is 0.0737. The number of Topliss-reactive ketones (excluding diaryl/α,β-unsaturated/α-hetero) is 1. The second-order valence-corrected chi connectivity index (χ2v) is 9.97. The van der Waals surface area contributed by atoms with Crippen molar-refractivity contribution in [3.63, 3.8) is 0 Å². The molecule has 0 amide bonds. The zero-order chi connectivity index (χ0) is 25.2. The molecule has 0 unspecified atom stereocenters. The third kappa shape index (κ3) is 4.57. The molecule has 1 atom stereocenters. The van der Waals surface area contributed by atoms with E-state index in [-0.39, 0.29) is 17.2 Å². The molecule has 2 N–H and O–H groups in total. The standard InChI is InChI=1S/C28H29FN4O2S/c1-3-33(4-2)19-14-12-17(13-15-19)23-24-21(10-7-11-22(24)34)30-26-25(23)27(35)32-28(31-26)36-16-18-8-5-6-9-20(18)29/h5-6,8-9,12-15,23H,3-4,7,10-11,16H2,1-2H3,(H2,30,31,32,35)/t23-/m1/s1. The van der Waals surface area contributed by atoms with Crippen LogP contribution in [0.1, 0.15) is 55.7 Å². The fourth-order valence-electron chi connectivity index (χ4n) is 5.07. The highest BCUT2D eigenvalue weighted by molar-refractivity contribution is 7.98. The van der Waals surface area contributed by atoms with Crippen molar-refractivity contribution in [3.05, 3.63) is 92.7 Å². The van der Waals surface area contributed by atoms with Gasteiger partial charge in [-0.2, -0.15) is 0 Å². The zero-order valence-corrected chi connectivity index (χ0v) is 21.3. The highest BCUT2D eigenvalue weighted by Crippen LogP contribution is 2.43. The fraction of sp³-hybridized carbons (Fsp3) is 0.321. The topological polar surface area (TPSA) is 78.1 Å². The molecule has 2 aliphatic rings. The molecule has 0 saturated heterocycles. The Morgan fingerprint density at radius 1 is 1.06 bits per heavy atom. The van der Waals surface area contributed by atoms with Crippen LogP contribution >= 0.6 is 11.8 Å². The van der Waals surface area contributed by atoms with Gasteiger partial charge in [-0.1, -0.05) is 42.1 Å². The normalized spacial score (nSPS) is 16.9. The van der Waals surface area contributed by atoms with Gasteiger partial charge in [-0.05, 0) is 56.0 Å². The quantitative estimate of drug-likeness (QED) is 0.322. The number of hydrogen-bond acceptors (Lipinski definition) is 6. The van der Waals surface area contributed by atoms with Crippen LogP contribution in [0.2, 0.25) is 0 Å². The molecule has 36 heavy (non-hydrogen) atoms. The van der Waals surface area contributed by atoms with E-state index in [0.717, 1.165) is 42.9 Å². The molecular weight excluding hydrogens is 475 g/mol. The lowest BCUT2D eigenvalue weighted by Crippen LogP contribution is -2.32. The Morgan fingerprint density at radius 3 is 2.53 bits per heavy atom. The van der Waals surface area contributed by atoms with Crippen LogP contribution in [-0.4, -0.2) is 28.8 Å². The van der Waals surface area contributed by atoms with Crippen molar-refractivity contribution >= 4 is 29.1 Å². The first kappa shape index (κ1) is 24.3. The number of carbonyl (C=O) groups excluding carboxylic acids is 1. The minimum atomic E-state index is -0.475. The molecule has 1 aromatic heterocycles. The molecule has 5 rings (SSSR count). The molecule has 0 fully saturated rings. The molecule has 2 heterocycles. The lowest BCUT2D eigenvalue weighted by atomic mass is 9.76. The predicted molar refractivity (Wildman–Crippen MR) is 142 cm³/mol. The number of nitrogens with one attached hydrogen (secondary N) is 2. The molecule has 2 aromatic carbocycles. The molecule has 6 nitrogen and oxygen atoms in total.